The maximum absolute atomic E-state index is 13.4. The fraction of sp³-hybridized carbons (Fsp3) is 0.375. The quantitative estimate of drug-likeness (QED) is 0.798. The lowest BCUT2D eigenvalue weighted by atomic mass is 9.90. The molecule has 0 aliphatic carbocycles. The molecule has 0 bridgehead atoms. The fourth-order valence-corrected chi connectivity index (χ4v) is 2.99. The van der Waals surface area contributed by atoms with Crippen molar-refractivity contribution in [2.24, 2.45) is 0 Å². The highest BCUT2D eigenvalue weighted by molar-refractivity contribution is 7.13. The number of hydrogen-bond donors (Lipinski definition) is 0. The van der Waals surface area contributed by atoms with Crippen molar-refractivity contribution in [1.29, 1.82) is 0 Å². The second kappa shape index (κ2) is 5.93. The molecular weight excluding hydrogens is 289 g/mol. The number of rotatable bonds is 4. The second-order valence-electron chi connectivity index (χ2n) is 5.34. The average molecular weight is 307 g/mol. The largest absolute Gasteiger partial charge is 0.465 e. The van der Waals surface area contributed by atoms with Gasteiger partial charge in [0.1, 0.15) is 16.2 Å². The van der Waals surface area contributed by atoms with E-state index >= 15 is 0 Å². The molecule has 5 heteroatoms. The van der Waals surface area contributed by atoms with Crippen molar-refractivity contribution in [3.63, 3.8) is 0 Å². The molecule has 112 valence electrons. The molecule has 0 radical (unpaired) electrons. The summed E-state index contributed by atoms with van der Waals surface area (Å²) in [5, 5.41) is 2.54. The molecule has 3 nitrogen and oxygen atoms in total. The Hall–Kier alpha value is -1.75. The topological polar surface area (TPSA) is 39.2 Å². The first-order chi connectivity index (χ1) is 9.86. The zero-order valence-corrected chi connectivity index (χ0v) is 13.4. The monoisotopic (exact) mass is 307 g/mol. The first-order valence-corrected chi connectivity index (χ1v) is 7.64. The average Bonchev–Trinajstić information content (AvgIpc) is 2.92. The van der Waals surface area contributed by atoms with Gasteiger partial charge in [-0.3, -0.25) is 4.79 Å². The number of benzene rings is 1. The zero-order chi connectivity index (χ0) is 15.6. The van der Waals surface area contributed by atoms with Crippen LogP contribution in [-0.2, 0) is 14.9 Å². The van der Waals surface area contributed by atoms with Crippen LogP contribution in [0.1, 0.15) is 32.0 Å². The van der Waals surface area contributed by atoms with Crippen LogP contribution in [0.2, 0.25) is 0 Å². The Morgan fingerprint density at radius 2 is 2.14 bits per heavy atom. The number of carbonyl (C=O) groups excluding carboxylic acids is 1. The minimum Gasteiger partial charge on any atom is -0.465 e. The highest BCUT2D eigenvalue weighted by Crippen LogP contribution is 2.32. The number of ether oxygens (including phenoxy) is 1. The number of nitrogens with zero attached hydrogens (tertiary/aromatic N) is 1. The first-order valence-electron chi connectivity index (χ1n) is 6.76. The Kier molecular flexibility index (Phi) is 4.42. The number of carbonyl (C=O) groups is 1. The third kappa shape index (κ3) is 3.13. The number of aryl methyl sites for hydroxylation is 1. The fourth-order valence-electron chi connectivity index (χ4n) is 1.93. The molecule has 2 aromatic rings. The SMILES string of the molecule is CCOC(=O)C(C)(C)c1csc(-c2cc(F)ccc2C)n1. The minimum absolute atomic E-state index is 0.294. The lowest BCUT2D eigenvalue weighted by molar-refractivity contribution is -0.148. The van der Waals surface area contributed by atoms with Crippen molar-refractivity contribution in [1.82, 2.24) is 4.98 Å². The minimum atomic E-state index is -0.814. The third-order valence-corrected chi connectivity index (χ3v) is 4.24. The normalized spacial score (nSPS) is 11.5. The van der Waals surface area contributed by atoms with Crippen LogP contribution >= 0.6 is 11.3 Å². The van der Waals surface area contributed by atoms with Crippen LogP contribution < -0.4 is 0 Å². The second-order valence-corrected chi connectivity index (χ2v) is 6.20. The molecule has 0 amide bonds. The number of halogens is 1. The van der Waals surface area contributed by atoms with E-state index in [-0.39, 0.29) is 11.8 Å². The van der Waals surface area contributed by atoms with Gasteiger partial charge in [-0.1, -0.05) is 6.07 Å². The predicted molar refractivity (Wildman–Crippen MR) is 81.9 cm³/mol. The molecule has 21 heavy (non-hydrogen) atoms. The van der Waals surface area contributed by atoms with Gasteiger partial charge in [-0.25, -0.2) is 9.37 Å². The Balaban J connectivity index is 2.38. The Bertz CT molecular complexity index is 664. The lowest BCUT2D eigenvalue weighted by Crippen LogP contribution is -2.31. The van der Waals surface area contributed by atoms with E-state index < -0.39 is 5.41 Å². The van der Waals surface area contributed by atoms with E-state index in [1.165, 1.54) is 23.5 Å². The molecule has 0 aliphatic heterocycles. The predicted octanol–water partition coefficient (Wildman–Crippen LogP) is 4.10. The highest BCUT2D eigenvalue weighted by atomic mass is 32.1. The molecule has 2 rings (SSSR count). The summed E-state index contributed by atoms with van der Waals surface area (Å²) in [6.07, 6.45) is 0. The van der Waals surface area contributed by atoms with Crippen molar-refractivity contribution < 1.29 is 13.9 Å². The van der Waals surface area contributed by atoms with Crippen LogP contribution in [0, 0.1) is 12.7 Å². The summed E-state index contributed by atoms with van der Waals surface area (Å²) in [5.74, 6) is -0.602. The lowest BCUT2D eigenvalue weighted by Gasteiger charge is -2.19. The van der Waals surface area contributed by atoms with Crippen molar-refractivity contribution >= 4 is 17.3 Å². The van der Waals surface area contributed by atoms with E-state index in [9.17, 15) is 9.18 Å². The van der Waals surface area contributed by atoms with E-state index in [1.54, 1.807) is 26.8 Å². The van der Waals surface area contributed by atoms with E-state index in [4.69, 9.17) is 4.74 Å². The zero-order valence-electron chi connectivity index (χ0n) is 12.6. The Morgan fingerprint density at radius 1 is 1.43 bits per heavy atom. The molecule has 0 saturated heterocycles. The summed E-state index contributed by atoms with van der Waals surface area (Å²) in [7, 11) is 0. The van der Waals surface area contributed by atoms with Gasteiger partial charge in [-0.2, -0.15) is 0 Å². The maximum Gasteiger partial charge on any atom is 0.317 e. The van der Waals surface area contributed by atoms with Gasteiger partial charge in [0, 0.05) is 10.9 Å². The van der Waals surface area contributed by atoms with Crippen LogP contribution in [0.4, 0.5) is 4.39 Å². The summed E-state index contributed by atoms with van der Waals surface area (Å²) in [6, 6.07) is 4.62. The van der Waals surface area contributed by atoms with Gasteiger partial charge in [0.25, 0.3) is 0 Å². The summed E-state index contributed by atoms with van der Waals surface area (Å²) in [4.78, 5) is 16.5. The smallest absolute Gasteiger partial charge is 0.317 e. The van der Waals surface area contributed by atoms with E-state index in [0.29, 0.717) is 17.3 Å². The molecule has 1 heterocycles. The van der Waals surface area contributed by atoms with Gasteiger partial charge in [-0.05, 0) is 45.4 Å². The van der Waals surface area contributed by atoms with Crippen LogP contribution in [0.25, 0.3) is 10.6 Å². The highest BCUT2D eigenvalue weighted by Gasteiger charge is 2.34. The summed E-state index contributed by atoms with van der Waals surface area (Å²) in [6.45, 7) is 7.58. The van der Waals surface area contributed by atoms with Gasteiger partial charge in [0.2, 0.25) is 0 Å². The molecule has 0 unspecified atom stereocenters. The van der Waals surface area contributed by atoms with E-state index in [1.807, 2.05) is 12.3 Å². The van der Waals surface area contributed by atoms with E-state index in [0.717, 1.165) is 11.1 Å². The van der Waals surface area contributed by atoms with Crippen LogP contribution in [0.15, 0.2) is 23.6 Å². The van der Waals surface area contributed by atoms with Crippen LogP contribution in [-0.4, -0.2) is 17.6 Å². The standard InChI is InChI=1S/C16H18FNO2S/c1-5-20-15(19)16(3,4)13-9-21-14(18-13)12-8-11(17)7-6-10(12)2/h6-9H,5H2,1-4H3. The third-order valence-electron chi connectivity index (χ3n) is 3.36. The molecule has 1 aromatic carbocycles. The van der Waals surface area contributed by atoms with Gasteiger partial charge in [0.05, 0.1) is 12.3 Å². The number of thiazole rings is 1. The van der Waals surface area contributed by atoms with E-state index in [2.05, 4.69) is 4.98 Å². The molecular formula is C16H18FNO2S. The van der Waals surface area contributed by atoms with Crippen molar-refractivity contribution in [2.75, 3.05) is 6.61 Å². The Morgan fingerprint density at radius 3 is 2.81 bits per heavy atom. The molecule has 0 fully saturated rings. The summed E-state index contributed by atoms with van der Waals surface area (Å²) < 4.78 is 18.5. The summed E-state index contributed by atoms with van der Waals surface area (Å²) >= 11 is 1.40. The molecule has 0 saturated carbocycles. The van der Waals surface area contributed by atoms with Gasteiger partial charge in [0.15, 0.2) is 0 Å². The molecule has 1 aromatic heterocycles. The van der Waals surface area contributed by atoms with Crippen LogP contribution in [0.5, 0.6) is 0 Å². The van der Waals surface area contributed by atoms with Crippen molar-refractivity contribution in [2.45, 2.75) is 33.1 Å². The van der Waals surface area contributed by atoms with Gasteiger partial charge < -0.3 is 4.74 Å². The van der Waals surface area contributed by atoms with Crippen molar-refractivity contribution in [3.8, 4) is 10.6 Å². The van der Waals surface area contributed by atoms with Crippen molar-refractivity contribution in [3.05, 3.63) is 40.7 Å². The number of esters is 1. The molecule has 0 atom stereocenters. The Labute approximate surface area is 127 Å². The molecule has 0 aliphatic rings. The van der Waals surface area contributed by atoms with Crippen LogP contribution in [0.3, 0.4) is 0 Å². The maximum atomic E-state index is 13.4. The molecule has 0 N–H and O–H groups in total. The number of aromatic nitrogens is 1. The number of hydrogen-bond acceptors (Lipinski definition) is 4. The molecule has 0 spiro atoms. The summed E-state index contributed by atoms with van der Waals surface area (Å²) in [5.41, 5.74) is 1.54. The van der Waals surface area contributed by atoms with Gasteiger partial charge in [-0.15, -0.1) is 11.3 Å². The van der Waals surface area contributed by atoms with Gasteiger partial charge >= 0.3 is 5.97 Å². The first kappa shape index (κ1) is 15.6.